The quantitative estimate of drug-likeness (QED) is 0.740. The van der Waals surface area contributed by atoms with Gasteiger partial charge in [0.1, 0.15) is 5.75 Å². The Morgan fingerprint density at radius 2 is 1.71 bits per heavy atom. The second-order valence-electron chi connectivity index (χ2n) is 7.94. The van der Waals surface area contributed by atoms with E-state index in [0.29, 0.717) is 6.42 Å². The fourth-order valence-corrected chi connectivity index (χ4v) is 3.08. The molecule has 0 aliphatic carbocycles. The molecule has 0 aliphatic heterocycles. The van der Waals surface area contributed by atoms with E-state index in [1.807, 2.05) is 39.8 Å². The molecule has 5 heteroatoms. The van der Waals surface area contributed by atoms with E-state index in [9.17, 15) is 14.3 Å². The first-order chi connectivity index (χ1) is 13.1. The fourth-order valence-electron chi connectivity index (χ4n) is 3.08. The summed E-state index contributed by atoms with van der Waals surface area (Å²) in [6.07, 6.45) is 0.557. The van der Waals surface area contributed by atoms with Crippen molar-refractivity contribution < 1.29 is 19.0 Å². The summed E-state index contributed by atoms with van der Waals surface area (Å²) in [4.78, 5) is 13.1. The molecule has 2 aromatic carbocycles. The molecule has 0 aromatic heterocycles. The zero-order valence-electron chi connectivity index (χ0n) is 17.5. The van der Waals surface area contributed by atoms with E-state index in [1.54, 1.807) is 26.2 Å². The van der Waals surface area contributed by atoms with Gasteiger partial charge in [-0.1, -0.05) is 39.8 Å². The Bertz CT molecular complexity index is 844. The van der Waals surface area contributed by atoms with Gasteiger partial charge in [0, 0.05) is 14.1 Å². The zero-order valence-corrected chi connectivity index (χ0v) is 17.5. The van der Waals surface area contributed by atoms with Crippen LogP contribution in [0.15, 0.2) is 30.3 Å². The molecule has 0 radical (unpaired) electrons. The van der Waals surface area contributed by atoms with Crippen LogP contribution < -0.4 is 4.74 Å². The van der Waals surface area contributed by atoms with Gasteiger partial charge in [0.2, 0.25) is 0 Å². The summed E-state index contributed by atoms with van der Waals surface area (Å²) in [5, 5.41) is 10.0. The molecule has 0 bridgehead atoms. The van der Waals surface area contributed by atoms with Crippen molar-refractivity contribution in [3.05, 3.63) is 58.4 Å². The van der Waals surface area contributed by atoms with Crippen LogP contribution in [0.25, 0.3) is 0 Å². The molecule has 28 heavy (non-hydrogen) atoms. The number of phenolic OH excluding ortho intramolecular Hbond substituents is 1. The summed E-state index contributed by atoms with van der Waals surface area (Å²) < 4.78 is 20.1. The van der Waals surface area contributed by atoms with Crippen LogP contribution in [0.3, 0.4) is 0 Å². The summed E-state index contributed by atoms with van der Waals surface area (Å²) in [6.45, 7) is 7.94. The van der Waals surface area contributed by atoms with Crippen LogP contribution in [-0.4, -0.2) is 36.6 Å². The fraction of sp³-hybridized carbons (Fsp3) is 0.435. The average molecular weight is 387 g/mol. The summed E-state index contributed by atoms with van der Waals surface area (Å²) in [5.74, 6) is 0.0451. The van der Waals surface area contributed by atoms with Gasteiger partial charge in [0.05, 0.1) is 0 Å². The van der Waals surface area contributed by atoms with Crippen molar-refractivity contribution in [3.8, 4) is 11.5 Å². The van der Waals surface area contributed by atoms with E-state index in [4.69, 9.17) is 4.74 Å². The molecule has 0 heterocycles. The molecule has 2 rings (SSSR count). The molecule has 0 unspecified atom stereocenters. The maximum atomic E-state index is 14.6. The number of likely N-dealkylation sites (N-methyl/N-ethyl adjacent to an activating group) is 1. The molecule has 4 nitrogen and oxygen atoms in total. The van der Waals surface area contributed by atoms with Crippen LogP contribution in [0.5, 0.6) is 11.5 Å². The second kappa shape index (κ2) is 9.09. The number of rotatable bonds is 7. The Morgan fingerprint density at radius 3 is 2.29 bits per heavy atom. The molecule has 0 spiro atoms. The minimum atomic E-state index is -0.478. The molecular weight excluding hydrogens is 357 g/mol. The average Bonchev–Trinajstić information content (AvgIpc) is 2.61. The number of phenols is 1. The smallest absolute Gasteiger partial charge is 0.259 e. The first-order valence-corrected chi connectivity index (χ1v) is 9.57. The largest absolute Gasteiger partial charge is 0.508 e. The predicted molar refractivity (Wildman–Crippen MR) is 110 cm³/mol. The lowest BCUT2D eigenvalue weighted by Crippen LogP contribution is -2.27. The molecule has 0 fully saturated rings. The number of amides is 1. The third-order valence-electron chi connectivity index (χ3n) is 4.77. The number of carbonyl (C=O) groups is 1. The van der Waals surface area contributed by atoms with Crippen LogP contribution >= 0.6 is 0 Å². The summed E-state index contributed by atoms with van der Waals surface area (Å²) in [5.41, 5.74) is 3.75. The van der Waals surface area contributed by atoms with Crippen molar-refractivity contribution in [2.24, 2.45) is 0 Å². The van der Waals surface area contributed by atoms with E-state index in [0.717, 1.165) is 22.3 Å². The molecule has 0 saturated carbocycles. The van der Waals surface area contributed by atoms with Gasteiger partial charge >= 0.3 is 0 Å². The van der Waals surface area contributed by atoms with Gasteiger partial charge in [0.25, 0.3) is 5.91 Å². The maximum Gasteiger partial charge on any atom is 0.259 e. The summed E-state index contributed by atoms with van der Waals surface area (Å²) in [7, 11) is 3.27. The van der Waals surface area contributed by atoms with Crippen LogP contribution in [0.2, 0.25) is 0 Å². The Hall–Kier alpha value is -2.56. The third-order valence-corrected chi connectivity index (χ3v) is 4.77. The van der Waals surface area contributed by atoms with E-state index in [-0.39, 0.29) is 35.8 Å². The van der Waals surface area contributed by atoms with Crippen molar-refractivity contribution in [2.75, 3.05) is 20.7 Å². The molecular formula is C23H30FNO3. The minimum Gasteiger partial charge on any atom is -0.508 e. The molecule has 1 N–H and O–H groups in total. The number of nitrogens with zero attached hydrogens (tertiary/aromatic N) is 1. The number of hydrogen-bond donors (Lipinski definition) is 1. The Balaban J connectivity index is 2.33. The first-order valence-electron chi connectivity index (χ1n) is 9.57. The van der Waals surface area contributed by atoms with Gasteiger partial charge in [-0.3, -0.25) is 4.79 Å². The van der Waals surface area contributed by atoms with Gasteiger partial charge < -0.3 is 14.7 Å². The maximum absolute atomic E-state index is 14.6. The van der Waals surface area contributed by atoms with Crippen molar-refractivity contribution in [3.63, 3.8) is 0 Å². The van der Waals surface area contributed by atoms with E-state index in [1.165, 1.54) is 11.0 Å². The molecule has 0 atom stereocenters. The molecule has 0 aliphatic rings. The van der Waals surface area contributed by atoms with Gasteiger partial charge in [-0.25, -0.2) is 4.39 Å². The number of ether oxygens (including phenoxy) is 1. The van der Waals surface area contributed by atoms with Crippen LogP contribution in [0, 0.1) is 5.82 Å². The van der Waals surface area contributed by atoms with Crippen molar-refractivity contribution >= 4 is 5.91 Å². The van der Waals surface area contributed by atoms with Gasteiger partial charge in [-0.05, 0) is 58.7 Å². The van der Waals surface area contributed by atoms with E-state index >= 15 is 0 Å². The second-order valence-corrected chi connectivity index (χ2v) is 7.94. The predicted octanol–water partition coefficient (Wildman–Crippen LogP) is 4.84. The molecule has 2 aromatic rings. The van der Waals surface area contributed by atoms with E-state index < -0.39 is 5.82 Å². The van der Waals surface area contributed by atoms with Gasteiger partial charge in [-0.15, -0.1) is 0 Å². The number of benzene rings is 2. The highest BCUT2D eigenvalue weighted by atomic mass is 19.1. The van der Waals surface area contributed by atoms with Crippen molar-refractivity contribution in [1.29, 1.82) is 0 Å². The number of aromatic hydroxyl groups is 1. The Labute approximate surface area is 166 Å². The van der Waals surface area contributed by atoms with E-state index in [2.05, 4.69) is 0 Å². The topological polar surface area (TPSA) is 49.8 Å². The SMILES string of the molecule is CC(C)c1cc(Cc2cc(F)c(OCC(=O)N(C)C)cc2C(C)C)ccc1O. The lowest BCUT2D eigenvalue weighted by molar-refractivity contribution is -0.130. The molecule has 152 valence electrons. The normalized spacial score (nSPS) is 11.2. The van der Waals surface area contributed by atoms with Crippen LogP contribution in [-0.2, 0) is 11.2 Å². The molecule has 0 saturated heterocycles. The van der Waals surface area contributed by atoms with Crippen LogP contribution in [0.4, 0.5) is 4.39 Å². The monoisotopic (exact) mass is 387 g/mol. The standard InChI is InChI=1S/C23H30FNO3/c1-14(2)18-12-22(28-13-23(27)25(5)6)20(24)11-17(18)9-16-7-8-21(26)19(10-16)15(3)4/h7-8,10-12,14-15,26H,9,13H2,1-6H3. The van der Waals surface area contributed by atoms with Gasteiger partial charge in [0.15, 0.2) is 18.2 Å². The number of hydrogen-bond acceptors (Lipinski definition) is 3. The Kier molecular flexibility index (Phi) is 7.05. The van der Waals surface area contributed by atoms with Gasteiger partial charge in [-0.2, -0.15) is 0 Å². The van der Waals surface area contributed by atoms with Crippen molar-refractivity contribution in [2.45, 2.75) is 46.0 Å². The highest BCUT2D eigenvalue weighted by Gasteiger charge is 2.16. The lowest BCUT2D eigenvalue weighted by Gasteiger charge is -2.18. The molecule has 1 amide bonds. The zero-order chi connectivity index (χ0) is 21.0. The van der Waals surface area contributed by atoms with Crippen LogP contribution in [0.1, 0.15) is 61.8 Å². The third kappa shape index (κ3) is 5.24. The number of carbonyl (C=O) groups excluding carboxylic acids is 1. The minimum absolute atomic E-state index is 0.0937. The Morgan fingerprint density at radius 1 is 1.07 bits per heavy atom. The number of halogens is 1. The first kappa shape index (κ1) is 21.7. The lowest BCUT2D eigenvalue weighted by atomic mass is 9.91. The van der Waals surface area contributed by atoms with Crippen molar-refractivity contribution in [1.82, 2.24) is 4.90 Å². The highest BCUT2D eigenvalue weighted by molar-refractivity contribution is 5.77. The summed E-state index contributed by atoms with van der Waals surface area (Å²) >= 11 is 0. The summed E-state index contributed by atoms with van der Waals surface area (Å²) in [6, 6.07) is 8.72. The highest BCUT2D eigenvalue weighted by Crippen LogP contribution is 2.31.